The van der Waals surface area contributed by atoms with E-state index in [1.165, 1.54) is 6.07 Å². The smallest absolute Gasteiger partial charge is 0.273 e. The number of rotatable bonds is 2. The lowest BCUT2D eigenvalue weighted by molar-refractivity contribution is 0.102. The Morgan fingerprint density at radius 1 is 1.47 bits per heavy atom. The molecule has 1 amide bonds. The number of carbonyl (C=O) groups is 1. The van der Waals surface area contributed by atoms with Gasteiger partial charge in [-0.3, -0.25) is 9.89 Å². The van der Waals surface area contributed by atoms with Gasteiger partial charge in [0, 0.05) is 14.1 Å². The van der Waals surface area contributed by atoms with Gasteiger partial charge in [-0.1, -0.05) is 0 Å². The average Bonchev–Trinajstić information content (AvgIpc) is 2.70. The average molecular weight is 407 g/mol. The molecule has 0 aliphatic heterocycles. The van der Waals surface area contributed by atoms with Crippen molar-refractivity contribution in [3.63, 3.8) is 0 Å². The number of anilines is 2. The number of nitrogen functional groups attached to an aromatic ring is 1. The van der Waals surface area contributed by atoms with E-state index >= 15 is 0 Å². The number of hydrogen-bond acceptors (Lipinski definition) is 3. The summed E-state index contributed by atoms with van der Waals surface area (Å²) in [6.45, 7) is 0. The predicted octanol–water partition coefficient (Wildman–Crippen LogP) is 2.61. The highest BCUT2D eigenvalue weighted by Gasteiger charge is 2.10. The molecular weight excluding hydrogens is 399 g/mol. The SMILES string of the molecule is Nc1cc(C(=O)Nc2cc(I)ccc2Br)[nH]n1. The van der Waals surface area contributed by atoms with Gasteiger partial charge in [0.25, 0.3) is 5.91 Å². The Labute approximate surface area is 119 Å². The predicted molar refractivity (Wildman–Crippen MR) is 77.8 cm³/mol. The first-order chi connectivity index (χ1) is 8.06. The topological polar surface area (TPSA) is 83.8 Å². The molecule has 1 heterocycles. The standard InChI is InChI=1S/C10H8BrIN4O/c11-6-2-1-5(12)3-7(6)14-10(17)8-4-9(13)16-15-8/h1-4H,(H,14,17)(H3,13,15,16). The molecule has 2 rings (SSSR count). The van der Waals surface area contributed by atoms with E-state index < -0.39 is 0 Å². The molecule has 0 spiro atoms. The molecule has 0 aliphatic carbocycles. The maximum Gasteiger partial charge on any atom is 0.273 e. The number of carbonyl (C=O) groups excluding carboxylic acids is 1. The molecule has 0 bridgehead atoms. The molecule has 0 aliphatic rings. The van der Waals surface area contributed by atoms with E-state index in [9.17, 15) is 4.79 Å². The van der Waals surface area contributed by atoms with Gasteiger partial charge < -0.3 is 11.1 Å². The number of halogens is 2. The normalized spacial score (nSPS) is 10.2. The molecule has 0 saturated heterocycles. The van der Waals surface area contributed by atoms with Crippen LogP contribution >= 0.6 is 38.5 Å². The molecule has 5 nitrogen and oxygen atoms in total. The van der Waals surface area contributed by atoms with Crippen LogP contribution in [-0.4, -0.2) is 16.1 Å². The summed E-state index contributed by atoms with van der Waals surface area (Å²) in [5.74, 6) is 0.00811. The second-order valence-corrected chi connectivity index (χ2v) is 5.38. The van der Waals surface area contributed by atoms with E-state index in [1.807, 2.05) is 18.2 Å². The molecular formula is C10H8BrIN4O. The monoisotopic (exact) mass is 406 g/mol. The molecule has 7 heteroatoms. The van der Waals surface area contributed by atoms with Gasteiger partial charge in [0.2, 0.25) is 0 Å². The first-order valence-electron chi connectivity index (χ1n) is 4.63. The molecule has 2 aromatic rings. The lowest BCUT2D eigenvalue weighted by atomic mass is 10.3. The number of nitrogens with one attached hydrogen (secondary N) is 2. The second kappa shape index (κ2) is 5.05. The largest absolute Gasteiger partial charge is 0.382 e. The van der Waals surface area contributed by atoms with Gasteiger partial charge in [-0.05, 0) is 56.7 Å². The molecule has 0 saturated carbocycles. The van der Waals surface area contributed by atoms with Gasteiger partial charge >= 0.3 is 0 Å². The summed E-state index contributed by atoms with van der Waals surface area (Å²) in [4.78, 5) is 11.8. The van der Waals surface area contributed by atoms with E-state index in [-0.39, 0.29) is 11.7 Å². The number of aromatic nitrogens is 2. The Balaban J connectivity index is 2.21. The summed E-state index contributed by atoms with van der Waals surface area (Å²) in [5.41, 5.74) is 6.46. The lowest BCUT2D eigenvalue weighted by Gasteiger charge is -2.06. The van der Waals surface area contributed by atoms with Crippen molar-refractivity contribution in [2.24, 2.45) is 0 Å². The highest BCUT2D eigenvalue weighted by Crippen LogP contribution is 2.24. The summed E-state index contributed by atoms with van der Waals surface area (Å²) in [7, 11) is 0. The van der Waals surface area contributed by atoms with Gasteiger partial charge in [-0.2, -0.15) is 5.10 Å². The highest BCUT2D eigenvalue weighted by atomic mass is 127. The molecule has 17 heavy (non-hydrogen) atoms. The number of hydrogen-bond donors (Lipinski definition) is 3. The van der Waals surface area contributed by atoms with Crippen molar-refractivity contribution in [2.45, 2.75) is 0 Å². The van der Waals surface area contributed by atoms with E-state index in [0.29, 0.717) is 11.4 Å². The molecule has 1 aromatic heterocycles. The van der Waals surface area contributed by atoms with Crippen molar-refractivity contribution >= 4 is 55.9 Å². The van der Waals surface area contributed by atoms with Crippen LogP contribution in [0.2, 0.25) is 0 Å². The Morgan fingerprint density at radius 2 is 2.24 bits per heavy atom. The lowest BCUT2D eigenvalue weighted by Crippen LogP contribution is -2.12. The zero-order chi connectivity index (χ0) is 12.4. The maximum absolute atomic E-state index is 11.8. The zero-order valence-corrected chi connectivity index (χ0v) is 12.2. The van der Waals surface area contributed by atoms with Gasteiger partial charge in [0.05, 0.1) is 5.69 Å². The minimum absolute atomic E-state index is 0.281. The van der Waals surface area contributed by atoms with Crippen molar-refractivity contribution in [3.05, 3.63) is 38.0 Å². The van der Waals surface area contributed by atoms with Crippen molar-refractivity contribution in [3.8, 4) is 0 Å². The Kier molecular flexibility index (Phi) is 3.67. The molecule has 0 fully saturated rings. The number of nitrogens with two attached hydrogens (primary N) is 1. The van der Waals surface area contributed by atoms with E-state index in [2.05, 4.69) is 54.0 Å². The molecule has 1 aromatic carbocycles. The van der Waals surface area contributed by atoms with E-state index in [0.717, 1.165) is 8.04 Å². The third kappa shape index (κ3) is 2.97. The number of benzene rings is 1. The van der Waals surface area contributed by atoms with Crippen molar-refractivity contribution in [1.29, 1.82) is 0 Å². The van der Waals surface area contributed by atoms with Crippen LogP contribution in [0.1, 0.15) is 10.5 Å². The van der Waals surface area contributed by atoms with E-state index in [1.54, 1.807) is 0 Å². The quantitative estimate of drug-likeness (QED) is 0.670. The molecule has 0 radical (unpaired) electrons. The highest BCUT2D eigenvalue weighted by molar-refractivity contribution is 14.1. The molecule has 0 unspecified atom stereocenters. The molecule has 4 N–H and O–H groups in total. The van der Waals surface area contributed by atoms with Gasteiger partial charge in [0.1, 0.15) is 11.5 Å². The number of H-pyrrole nitrogens is 1. The summed E-state index contributed by atoms with van der Waals surface area (Å²) < 4.78 is 1.85. The summed E-state index contributed by atoms with van der Waals surface area (Å²) >= 11 is 5.54. The third-order valence-electron chi connectivity index (χ3n) is 2.02. The van der Waals surface area contributed by atoms with Crippen molar-refractivity contribution in [2.75, 3.05) is 11.1 Å². The number of nitrogens with zero attached hydrogens (tertiary/aromatic N) is 1. The summed E-state index contributed by atoms with van der Waals surface area (Å²) in [5, 5.41) is 9.02. The van der Waals surface area contributed by atoms with Crippen LogP contribution in [0.25, 0.3) is 0 Å². The zero-order valence-electron chi connectivity index (χ0n) is 8.50. The fourth-order valence-corrected chi connectivity index (χ4v) is 2.07. The Morgan fingerprint density at radius 3 is 2.88 bits per heavy atom. The van der Waals surface area contributed by atoms with Crippen LogP contribution < -0.4 is 11.1 Å². The maximum atomic E-state index is 11.8. The van der Waals surface area contributed by atoms with Gasteiger partial charge in [0.15, 0.2) is 0 Å². The minimum Gasteiger partial charge on any atom is -0.382 e. The Hall–Kier alpha value is -1.09. The van der Waals surface area contributed by atoms with Crippen molar-refractivity contribution < 1.29 is 4.79 Å². The van der Waals surface area contributed by atoms with Gasteiger partial charge in [-0.15, -0.1) is 0 Å². The van der Waals surface area contributed by atoms with Crippen LogP contribution in [0.5, 0.6) is 0 Å². The first kappa shape index (κ1) is 12.4. The third-order valence-corrected chi connectivity index (χ3v) is 3.38. The first-order valence-corrected chi connectivity index (χ1v) is 6.51. The minimum atomic E-state index is -0.281. The second-order valence-electron chi connectivity index (χ2n) is 3.28. The van der Waals surface area contributed by atoms with E-state index in [4.69, 9.17) is 5.73 Å². The van der Waals surface area contributed by atoms with Crippen LogP contribution in [0.15, 0.2) is 28.7 Å². The molecule has 88 valence electrons. The number of aromatic amines is 1. The molecule has 0 atom stereocenters. The fraction of sp³-hybridized carbons (Fsp3) is 0. The number of amides is 1. The van der Waals surface area contributed by atoms with Crippen molar-refractivity contribution in [1.82, 2.24) is 10.2 Å². The van der Waals surface area contributed by atoms with Crippen LogP contribution in [-0.2, 0) is 0 Å². The summed E-state index contributed by atoms with van der Waals surface area (Å²) in [6, 6.07) is 7.16. The van der Waals surface area contributed by atoms with Crippen LogP contribution in [0.4, 0.5) is 11.5 Å². The van der Waals surface area contributed by atoms with Crippen LogP contribution in [0, 0.1) is 3.57 Å². The Bertz CT molecular complexity index is 569. The summed E-state index contributed by atoms with van der Waals surface area (Å²) in [6.07, 6.45) is 0. The van der Waals surface area contributed by atoms with Crippen LogP contribution in [0.3, 0.4) is 0 Å². The van der Waals surface area contributed by atoms with Gasteiger partial charge in [-0.25, -0.2) is 0 Å². The fourth-order valence-electron chi connectivity index (χ4n) is 1.24.